The van der Waals surface area contributed by atoms with Crippen LogP contribution in [-0.4, -0.2) is 34.4 Å². The third-order valence-electron chi connectivity index (χ3n) is 4.05. The fourth-order valence-corrected chi connectivity index (χ4v) is 3.49. The molecule has 0 radical (unpaired) electrons. The molecule has 0 heterocycles. The van der Waals surface area contributed by atoms with Gasteiger partial charge in [-0.2, -0.15) is 8.42 Å². The Morgan fingerprint density at radius 2 is 1.75 bits per heavy atom. The molecule has 0 aliphatic rings. The molecule has 2 aromatic rings. The van der Waals surface area contributed by atoms with Gasteiger partial charge >= 0.3 is 10.1 Å². The standard InChI is InChI=1S/C20H22O7S/c1-13(2)16-9-19(25-4)17(18(22)11-26-12-21)10-20(16)27-28(23,24)15-7-5-14(3)6-8-15/h5-10,12-13H,11H2,1-4H3. The molecule has 7 nitrogen and oxygen atoms in total. The maximum atomic E-state index is 12.7. The van der Waals surface area contributed by atoms with E-state index in [1.807, 2.05) is 20.8 Å². The van der Waals surface area contributed by atoms with Crippen LogP contribution in [0.3, 0.4) is 0 Å². The Morgan fingerprint density at radius 1 is 1.11 bits per heavy atom. The Hall–Kier alpha value is -2.87. The van der Waals surface area contributed by atoms with Crippen molar-refractivity contribution in [3.63, 3.8) is 0 Å². The van der Waals surface area contributed by atoms with Gasteiger partial charge in [-0.3, -0.25) is 9.59 Å². The van der Waals surface area contributed by atoms with Gasteiger partial charge in [-0.1, -0.05) is 31.5 Å². The Kier molecular flexibility index (Phi) is 6.80. The minimum absolute atomic E-state index is 0.000730. The summed E-state index contributed by atoms with van der Waals surface area (Å²) < 4.78 is 40.5. The van der Waals surface area contributed by atoms with Gasteiger partial charge in [0.15, 0.2) is 6.61 Å². The summed E-state index contributed by atoms with van der Waals surface area (Å²) in [5, 5.41) is 0. The highest BCUT2D eigenvalue weighted by molar-refractivity contribution is 7.87. The average molecular weight is 406 g/mol. The van der Waals surface area contributed by atoms with Crippen LogP contribution in [0.25, 0.3) is 0 Å². The number of rotatable bonds is 9. The second-order valence-electron chi connectivity index (χ2n) is 6.43. The van der Waals surface area contributed by atoms with Crippen LogP contribution in [0.1, 0.15) is 41.3 Å². The molecule has 0 aromatic heterocycles. The molecule has 0 saturated heterocycles. The molecular formula is C20H22O7S. The topological polar surface area (TPSA) is 96.0 Å². The summed E-state index contributed by atoms with van der Waals surface area (Å²) >= 11 is 0. The molecule has 0 unspecified atom stereocenters. The number of methoxy groups -OCH3 is 1. The van der Waals surface area contributed by atoms with E-state index >= 15 is 0 Å². The third kappa shape index (κ3) is 4.89. The summed E-state index contributed by atoms with van der Waals surface area (Å²) in [6.07, 6.45) is 0. The van der Waals surface area contributed by atoms with Crippen LogP contribution in [0.5, 0.6) is 11.5 Å². The lowest BCUT2D eigenvalue weighted by atomic mass is 9.98. The molecule has 8 heteroatoms. The van der Waals surface area contributed by atoms with Gasteiger partial charge in [-0.05, 0) is 37.1 Å². The molecular weight excluding hydrogens is 384 g/mol. The first-order chi connectivity index (χ1) is 13.2. The normalized spacial score (nSPS) is 11.2. The van der Waals surface area contributed by atoms with Crippen molar-refractivity contribution in [2.24, 2.45) is 0 Å². The van der Waals surface area contributed by atoms with Gasteiger partial charge in [0.2, 0.25) is 5.78 Å². The van der Waals surface area contributed by atoms with E-state index in [1.165, 1.54) is 25.3 Å². The fourth-order valence-electron chi connectivity index (χ4n) is 2.54. The van der Waals surface area contributed by atoms with E-state index in [2.05, 4.69) is 4.74 Å². The van der Waals surface area contributed by atoms with Crippen molar-refractivity contribution in [3.8, 4) is 11.5 Å². The van der Waals surface area contributed by atoms with Gasteiger partial charge in [0.25, 0.3) is 6.47 Å². The maximum Gasteiger partial charge on any atom is 0.339 e. The quantitative estimate of drug-likeness (QED) is 0.358. The van der Waals surface area contributed by atoms with Crippen molar-refractivity contribution in [3.05, 3.63) is 53.1 Å². The monoisotopic (exact) mass is 406 g/mol. The van der Waals surface area contributed by atoms with Crippen molar-refractivity contribution >= 4 is 22.4 Å². The molecule has 0 aliphatic carbocycles. The van der Waals surface area contributed by atoms with E-state index in [-0.39, 0.29) is 34.3 Å². The van der Waals surface area contributed by atoms with Gasteiger partial charge < -0.3 is 13.7 Å². The zero-order chi connectivity index (χ0) is 20.9. The van der Waals surface area contributed by atoms with Crippen LogP contribution in [0.15, 0.2) is 41.3 Å². The van der Waals surface area contributed by atoms with E-state index in [9.17, 15) is 18.0 Å². The van der Waals surface area contributed by atoms with E-state index in [4.69, 9.17) is 8.92 Å². The largest absolute Gasteiger partial charge is 0.496 e. The number of aryl methyl sites for hydroxylation is 1. The predicted molar refractivity (Wildman–Crippen MR) is 102 cm³/mol. The number of carbonyl (C=O) groups excluding carboxylic acids is 2. The Morgan fingerprint density at radius 3 is 2.29 bits per heavy atom. The number of ether oxygens (including phenoxy) is 2. The molecule has 0 amide bonds. The molecule has 0 saturated carbocycles. The van der Waals surface area contributed by atoms with Crippen molar-refractivity contribution in [1.82, 2.24) is 0 Å². The fraction of sp³-hybridized carbons (Fsp3) is 0.300. The summed E-state index contributed by atoms with van der Waals surface area (Å²) in [6.45, 7) is 5.22. The van der Waals surface area contributed by atoms with Crippen LogP contribution in [0, 0.1) is 6.92 Å². The summed E-state index contributed by atoms with van der Waals surface area (Å²) in [5.74, 6) is -0.390. The molecule has 2 rings (SSSR count). The lowest BCUT2D eigenvalue weighted by Crippen LogP contribution is -2.14. The zero-order valence-corrected chi connectivity index (χ0v) is 16.9. The highest BCUT2D eigenvalue weighted by Gasteiger charge is 2.24. The van der Waals surface area contributed by atoms with Gasteiger partial charge in [0.1, 0.15) is 16.4 Å². The Balaban J connectivity index is 2.52. The number of benzene rings is 2. The predicted octanol–water partition coefficient (Wildman–Crippen LogP) is 3.25. The summed E-state index contributed by atoms with van der Waals surface area (Å²) in [4.78, 5) is 22.7. The van der Waals surface area contributed by atoms with E-state index in [0.29, 0.717) is 5.56 Å². The second-order valence-corrected chi connectivity index (χ2v) is 7.97. The average Bonchev–Trinajstić information content (AvgIpc) is 2.65. The van der Waals surface area contributed by atoms with Gasteiger partial charge in [-0.25, -0.2) is 0 Å². The first kappa shape index (κ1) is 21.4. The molecule has 150 valence electrons. The molecule has 0 spiro atoms. The molecule has 2 aromatic carbocycles. The van der Waals surface area contributed by atoms with Crippen molar-refractivity contribution in [1.29, 1.82) is 0 Å². The summed E-state index contributed by atoms with van der Waals surface area (Å²) in [6, 6.07) is 9.09. The highest BCUT2D eigenvalue weighted by atomic mass is 32.2. The van der Waals surface area contributed by atoms with Crippen LogP contribution in [0.4, 0.5) is 0 Å². The Bertz CT molecular complexity index is 961. The zero-order valence-electron chi connectivity index (χ0n) is 16.1. The number of hydrogen-bond acceptors (Lipinski definition) is 7. The van der Waals surface area contributed by atoms with E-state index < -0.39 is 22.5 Å². The van der Waals surface area contributed by atoms with E-state index in [1.54, 1.807) is 18.2 Å². The summed E-state index contributed by atoms with van der Waals surface area (Å²) in [7, 11) is -2.72. The maximum absolute atomic E-state index is 12.7. The van der Waals surface area contributed by atoms with Gasteiger partial charge in [0, 0.05) is 5.56 Å². The SMILES string of the molecule is COc1cc(C(C)C)c(OS(=O)(=O)c2ccc(C)cc2)cc1C(=O)COC=O. The van der Waals surface area contributed by atoms with E-state index in [0.717, 1.165) is 5.56 Å². The van der Waals surface area contributed by atoms with Crippen LogP contribution < -0.4 is 8.92 Å². The molecule has 0 aliphatic heterocycles. The van der Waals surface area contributed by atoms with Gasteiger partial charge in [0.05, 0.1) is 12.7 Å². The molecule has 0 fully saturated rings. The lowest BCUT2D eigenvalue weighted by Gasteiger charge is -2.17. The van der Waals surface area contributed by atoms with Crippen molar-refractivity contribution in [2.45, 2.75) is 31.6 Å². The van der Waals surface area contributed by atoms with Crippen LogP contribution >= 0.6 is 0 Å². The number of Topliss-reactive ketones (excluding diaryl/α,β-unsaturated/α-hetero) is 1. The van der Waals surface area contributed by atoms with Crippen molar-refractivity contribution in [2.75, 3.05) is 13.7 Å². The smallest absolute Gasteiger partial charge is 0.339 e. The minimum atomic E-state index is -4.10. The number of carbonyl (C=O) groups is 2. The number of hydrogen-bond donors (Lipinski definition) is 0. The second kappa shape index (κ2) is 8.88. The van der Waals surface area contributed by atoms with Crippen LogP contribution in [0.2, 0.25) is 0 Å². The first-order valence-corrected chi connectivity index (χ1v) is 9.92. The lowest BCUT2D eigenvalue weighted by molar-refractivity contribution is -0.127. The van der Waals surface area contributed by atoms with Crippen molar-refractivity contribution < 1.29 is 31.7 Å². The Labute approximate surface area is 164 Å². The van der Waals surface area contributed by atoms with Gasteiger partial charge in [-0.15, -0.1) is 0 Å². The summed E-state index contributed by atoms with van der Waals surface area (Å²) in [5.41, 5.74) is 1.53. The molecule has 0 atom stereocenters. The molecule has 0 bridgehead atoms. The third-order valence-corrected chi connectivity index (χ3v) is 5.29. The van der Waals surface area contributed by atoms with Crippen LogP contribution in [-0.2, 0) is 19.6 Å². The molecule has 28 heavy (non-hydrogen) atoms. The number of ketones is 1. The highest BCUT2D eigenvalue weighted by Crippen LogP contribution is 2.35. The molecule has 0 N–H and O–H groups in total. The minimum Gasteiger partial charge on any atom is -0.496 e. The first-order valence-electron chi connectivity index (χ1n) is 8.51.